The zero-order chi connectivity index (χ0) is 21.6. The Kier molecular flexibility index (Phi) is 7.18. The topological polar surface area (TPSA) is 45.7 Å². The van der Waals surface area contributed by atoms with Crippen LogP contribution in [-0.2, 0) is 17.4 Å². The van der Waals surface area contributed by atoms with Crippen LogP contribution in [0.15, 0.2) is 42.6 Å². The summed E-state index contributed by atoms with van der Waals surface area (Å²) in [6.45, 7) is 4.92. The second kappa shape index (κ2) is 9.82. The van der Waals surface area contributed by atoms with E-state index >= 15 is 0 Å². The number of aromatic nitrogens is 1. The summed E-state index contributed by atoms with van der Waals surface area (Å²) in [6.07, 6.45) is -1.70. The van der Waals surface area contributed by atoms with Gasteiger partial charge in [0.15, 0.2) is 0 Å². The van der Waals surface area contributed by atoms with Crippen molar-refractivity contribution in [2.45, 2.75) is 32.4 Å². The third-order valence-electron chi connectivity index (χ3n) is 5.11. The maximum Gasteiger partial charge on any atom is 0.417 e. The summed E-state index contributed by atoms with van der Waals surface area (Å²) >= 11 is 0. The Hall–Kier alpha value is -2.77. The van der Waals surface area contributed by atoms with E-state index in [4.69, 9.17) is 4.74 Å². The molecule has 30 heavy (non-hydrogen) atoms. The van der Waals surface area contributed by atoms with Crippen LogP contribution in [0.5, 0.6) is 5.75 Å². The normalized spacial score (nSPS) is 15.1. The number of aryl methyl sites for hydroxylation is 1. The largest absolute Gasteiger partial charge is 0.494 e. The standard InChI is InChI=1S/C22H26F3N3O2/c1-2-30-19-8-4-17(5-9-19)6-11-21(29)28-13-3-12-27(14-15-28)20-10-7-18(16-26-20)22(23,24)25/h4-5,7-10,16H,2-3,6,11-15H2,1H3. The van der Waals surface area contributed by atoms with Gasteiger partial charge in [0, 0.05) is 38.8 Å². The fraction of sp³-hybridized carbons (Fsp3) is 0.455. The molecule has 1 amide bonds. The van der Waals surface area contributed by atoms with Crippen molar-refractivity contribution in [2.75, 3.05) is 37.7 Å². The number of hydrogen-bond donors (Lipinski definition) is 0. The quantitative estimate of drug-likeness (QED) is 0.702. The molecule has 1 aliphatic heterocycles. The minimum Gasteiger partial charge on any atom is -0.494 e. The van der Waals surface area contributed by atoms with Crippen LogP contribution in [0.1, 0.15) is 30.9 Å². The molecule has 0 N–H and O–H groups in total. The Balaban J connectivity index is 1.51. The van der Waals surface area contributed by atoms with Crippen LogP contribution in [0, 0.1) is 0 Å². The first-order chi connectivity index (χ1) is 14.4. The smallest absolute Gasteiger partial charge is 0.417 e. The fourth-order valence-electron chi connectivity index (χ4n) is 3.47. The Morgan fingerprint density at radius 1 is 1.07 bits per heavy atom. The average molecular weight is 421 g/mol. The molecule has 162 valence electrons. The van der Waals surface area contributed by atoms with Gasteiger partial charge in [-0.3, -0.25) is 4.79 Å². The van der Waals surface area contributed by atoms with Crippen LogP contribution >= 0.6 is 0 Å². The van der Waals surface area contributed by atoms with Crippen LogP contribution in [-0.4, -0.2) is 48.6 Å². The number of alkyl halides is 3. The molecule has 3 rings (SSSR count). The summed E-state index contributed by atoms with van der Waals surface area (Å²) in [5, 5.41) is 0. The minimum atomic E-state index is -4.39. The number of amides is 1. The number of benzene rings is 1. The van der Waals surface area contributed by atoms with Gasteiger partial charge in [-0.15, -0.1) is 0 Å². The number of hydrogen-bond acceptors (Lipinski definition) is 4. The predicted molar refractivity (Wildman–Crippen MR) is 109 cm³/mol. The molecule has 0 unspecified atom stereocenters. The highest BCUT2D eigenvalue weighted by Gasteiger charge is 2.31. The molecule has 1 aliphatic rings. The summed E-state index contributed by atoms with van der Waals surface area (Å²) in [4.78, 5) is 20.4. The van der Waals surface area contributed by atoms with Gasteiger partial charge in [0.05, 0.1) is 12.2 Å². The molecule has 0 saturated carbocycles. The lowest BCUT2D eigenvalue weighted by molar-refractivity contribution is -0.137. The van der Waals surface area contributed by atoms with Crippen molar-refractivity contribution in [2.24, 2.45) is 0 Å². The highest BCUT2D eigenvalue weighted by molar-refractivity contribution is 5.76. The zero-order valence-electron chi connectivity index (χ0n) is 17.0. The third kappa shape index (κ3) is 5.87. The van der Waals surface area contributed by atoms with E-state index in [0.717, 1.165) is 30.0 Å². The van der Waals surface area contributed by atoms with Crippen molar-refractivity contribution >= 4 is 11.7 Å². The van der Waals surface area contributed by atoms with Gasteiger partial charge in [0.25, 0.3) is 0 Å². The molecule has 8 heteroatoms. The first kappa shape index (κ1) is 21.9. The molecular weight excluding hydrogens is 395 g/mol. The number of anilines is 1. The molecule has 1 fully saturated rings. The number of halogens is 3. The van der Waals surface area contributed by atoms with Crippen LogP contribution in [0.3, 0.4) is 0 Å². The molecule has 2 aromatic rings. The van der Waals surface area contributed by atoms with E-state index in [0.29, 0.717) is 51.4 Å². The van der Waals surface area contributed by atoms with Crippen LogP contribution in [0.25, 0.3) is 0 Å². The van der Waals surface area contributed by atoms with Crippen molar-refractivity contribution in [3.8, 4) is 5.75 Å². The maximum absolute atomic E-state index is 12.7. The summed E-state index contributed by atoms with van der Waals surface area (Å²) in [5.41, 5.74) is 0.323. The molecule has 5 nitrogen and oxygen atoms in total. The Morgan fingerprint density at radius 3 is 2.47 bits per heavy atom. The third-order valence-corrected chi connectivity index (χ3v) is 5.11. The number of ether oxygens (including phenoxy) is 1. The van der Waals surface area contributed by atoms with Crippen LogP contribution in [0.2, 0.25) is 0 Å². The van der Waals surface area contributed by atoms with Gasteiger partial charge in [-0.1, -0.05) is 12.1 Å². The fourth-order valence-corrected chi connectivity index (χ4v) is 3.47. The van der Waals surface area contributed by atoms with Crippen molar-refractivity contribution < 1.29 is 22.7 Å². The molecule has 1 saturated heterocycles. The first-order valence-corrected chi connectivity index (χ1v) is 10.1. The Labute approximate surface area is 174 Å². The van der Waals surface area contributed by atoms with E-state index in [1.54, 1.807) is 0 Å². The average Bonchev–Trinajstić information content (AvgIpc) is 2.99. The van der Waals surface area contributed by atoms with Crippen LogP contribution in [0.4, 0.5) is 19.0 Å². The zero-order valence-corrected chi connectivity index (χ0v) is 17.0. The maximum atomic E-state index is 12.7. The molecule has 1 aromatic heterocycles. The van der Waals surface area contributed by atoms with Gasteiger partial charge in [0.2, 0.25) is 5.91 Å². The van der Waals surface area contributed by atoms with Gasteiger partial charge in [-0.25, -0.2) is 4.98 Å². The van der Waals surface area contributed by atoms with Gasteiger partial charge in [-0.2, -0.15) is 13.2 Å². The van der Waals surface area contributed by atoms with Gasteiger partial charge in [0.1, 0.15) is 11.6 Å². The molecule has 0 radical (unpaired) electrons. The van der Waals surface area contributed by atoms with E-state index in [9.17, 15) is 18.0 Å². The number of nitrogens with zero attached hydrogens (tertiary/aromatic N) is 3. The highest BCUT2D eigenvalue weighted by Crippen LogP contribution is 2.29. The van der Waals surface area contributed by atoms with Gasteiger partial charge >= 0.3 is 6.18 Å². The van der Waals surface area contributed by atoms with E-state index in [1.807, 2.05) is 41.0 Å². The SMILES string of the molecule is CCOc1ccc(CCC(=O)N2CCCN(c3ccc(C(F)(F)F)cn3)CC2)cc1. The summed E-state index contributed by atoms with van der Waals surface area (Å²) < 4.78 is 43.6. The first-order valence-electron chi connectivity index (χ1n) is 10.1. The molecule has 1 aromatic carbocycles. The summed E-state index contributed by atoms with van der Waals surface area (Å²) in [5.74, 6) is 1.41. The van der Waals surface area contributed by atoms with Crippen molar-refractivity contribution in [1.29, 1.82) is 0 Å². The molecule has 0 bridgehead atoms. The molecule has 0 atom stereocenters. The molecular formula is C22H26F3N3O2. The number of rotatable bonds is 6. The number of pyridine rings is 1. The molecule has 0 aliphatic carbocycles. The molecule has 2 heterocycles. The van der Waals surface area contributed by atoms with Crippen molar-refractivity contribution in [3.05, 3.63) is 53.7 Å². The summed E-state index contributed by atoms with van der Waals surface area (Å²) in [7, 11) is 0. The van der Waals surface area contributed by atoms with Crippen molar-refractivity contribution in [1.82, 2.24) is 9.88 Å². The lowest BCUT2D eigenvalue weighted by Gasteiger charge is -2.23. The summed E-state index contributed by atoms with van der Waals surface area (Å²) in [6, 6.07) is 10.2. The highest BCUT2D eigenvalue weighted by atomic mass is 19.4. The van der Waals surface area contributed by atoms with Gasteiger partial charge < -0.3 is 14.5 Å². The number of carbonyl (C=O) groups is 1. The monoisotopic (exact) mass is 421 g/mol. The molecule has 0 spiro atoms. The second-order valence-electron chi connectivity index (χ2n) is 7.20. The van der Waals surface area contributed by atoms with Crippen molar-refractivity contribution in [3.63, 3.8) is 0 Å². The predicted octanol–water partition coefficient (Wildman–Crippen LogP) is 4.17. The van der Waals surface area contributed by atoms with Gasteiger partial charge in [-0.05, 0) is 49.6 Å². The van der Waals surface area contributed by atoms with E-state index < -0.39 is 11.7 Å². The van der Waals surface area contributed by atoms with E-state index in [-0.39, 0.29) is 5.91 Å². The second-order valence-corrected chi connectivity index (χ2v) is 7.20. The Morgan fingerprint density at radius 2 is 1.83 bits per heavy atom. The Bertz CT molecular complexity index is 823. The number of carbonyl (C=O) groups excluding carboxylic acids is 1. The minimum absolute atomic E-state index is 0.0890. The lowest BCUT2D eigenvalue weighted by atomic mass is 10.1. The van der Waals surface area contributed by atoms with Crippen LogP contribution < -0.4 is 9.64 Å². The van der Waals surface area contributed by atoms with E-state index in [1.165, 1.54) is 6.07 Å². The lowest BCUT2D eigenvalue weighted by Crippen LogP contribution is -2.35. The van der Waals surface area contributed by atoms with E-state index in [2.05, 4.69) is 4.98 Å².